The quantitative estimate of drug-likeness (QED) is 0.748. The Morgan fingerprint density at radius 2 is 2.11 bits per heavy atom. The Morgan fingerprint density at radius 1 is 1.39 bits per heavy atom. The summed E-state index contributed by atoms with van der Waals surface area (Å²) in [5, 5.41) is 10.6. The van der Waals surface area contributed by atoms with E-state index in [2.05, 4.69) is 36.5 Å². The van der Waals surface area contributed by atoms with E-state index in [1.807, 2.05) is 20.8 Å². The number of carbonyl (C=O) groups excluding carboxylic acids is 1. The molecule has 4 rings (SSSR count). The van der Waals surface area contributed by atoms with E-state index in [1.165, 1.54) is 17.2 Å². The number of aromatic nitrogens is 2. The summed E-state index contributed by atoms with van der Waals surface area (Å²) in [6.45, 7) is 13.0. The second-order valence-corrected chi connectivity index (χ2v) is 9.22. The van der Waals surface area contributed by atoms with E-state index in [0.29, 0.717) is 41.5 Å². The van der Waals surface area contributed by atoms with Gasteiger partial charge in [-0.1, -0.05) is 20.8 Å². The number of amides is 1. The lowest BCUT2D eigenvalue weighted by Gasteiger charge is -2.62. The number of rotatable bonds is 7. The molecule has 1 aromatic heterocycles. The van der Waals surface area contributed by atoms with Crippen LogP contribution in [0.15, 0.2) is 10.9 Å². The zero-order valence-corrected chi connectivity index (χ0v) is 17.9. The Hall–Kier alpha value is -2.05. The van der Waals surface area contributed by atoms with Gasteiger partial charge >= 0.3 is 0 Å². The maximum Gasteiger partial charge on any atom is 0.269 e. The van der Waals surface area contributed by atoms with Gasteiger partial charge in [-0.25, -0.2) is 4.68 Å². The number of nitrogens with zero attached hydrogens (tertiary/aromatic N) is 2. The van der Waals surface area contributed by atoms with Crippen LogP contribution in [0.3, 0.4) is 0 Å². The highest BCUT2D eigenvalue weighted by atomic mass is 16.5. The van der Waals surface area contributed by atoms with Crippen molar-refractivity contribution in [3.8, 4) is 5.88 Å². The monoisotopic (exact) mass is 390 g/mol. The van der Waals surface area contributed by atoms with E-state index < -0.39 is 0 Å². The Labute approximate surface area is 167 Å². The molecule has 28 heavy (non-hydrogen) atoms. The standard InChI is InChI=1S/C21H34N4O3/c1-7-28-20-17(10-19(27)25(24-20)11-18(26)22-12(2)3)23-16-9-14-8-15(13(16)4)21(14,5)6/h10,12-16,23H,7-9,11H2,1-6H3,(H,22,26)/t13-,14-,15+,16-/m1/s1. The molecule has 7 nitrogen and oxygen atoms in total. The molecule has 0 saturated heterocycles. The molecule has 1 heterocycles. The molecular weight excluding hydrogens is 356 g/mol. The van der Waals surface area contributed by atoms with Gasteiger partial charge in [0.05, 0.1) is 6.61 Å². The molecule has 3 fully saturated rings. The highest BCUT2D eigenvalue weighted by Gasteiger charge is 2.56. The fourth-order valence-corrected chi connectivity index (χ4v) is 4.98. The van der Waals surface area contributed by atoms with Gasteiger partial charge in [-0.15, -0.1) is 5.10 Å². The van der Waals surface area contributed by atoms with Gasteiger partial charge in [0.15, 0.2) is 0 Å². The van der Waals surface area contributed by atoms with Crippen LogP contribution in [-0.4, -0.2) is 34.4 Å². The van der Waals surface area contributed by atoms with Crippen LogP contribution < -0.4 is 20.9 Å². The second-order valence-electron chi connectivity index (χ2n) is 9.22. The van der Waals surface area contributed by atoms with Crippen LogP contribution in [-0.2, 0) is 11.3 Å². The summed E-state index contributed by atoms with van der Waals surface area (Å²) in [7, 11) is 0. The molecular formula is C21H34N4O3. The molecule has 7 heteroatoms. The molecule has 4 atom stereocenters. The third-order valence-electron chi connectivity index (χ3n) is 6.68. The molecule has 2 N–H and O–H groups in total. The van der Waals surface area contributed by atoms with Crippen molar-refractivity contribution in [3.63, 3.8) is 0 Å². The lowest BCUT2D eigenvalue weighted by Crippen LogP contribution is -2.58. The first kappa shape index (κ1) is 20.7. The van der Waals surface area contributed by atoms with Gasteiger partial charge < -0.3 is 15.4 Å². The summed E-state index contributed by atoms with van der Waals surface area (Å²) >= 11 is 0. The zero-order valence-electron chi connectivity index (χ0n) is 17.9. The lowest BCUT2D eigenvalue weighted by atomic mass is 9.45. The first-order valence-corrected chi connectivity index (χ1v) is 10.4. The third kappa shape index (κ3) is 3.89. The number of fused-ring (bicyclic) bond motifs is 2. The van der Waals surface area contributed by atoms with Gasteiger partial charge in [0.2, 0.25) is 5.91 Å². The summed E-state index contributed by atoms with van der Waals surface area (Å²) in [5.41, 5.74) is 0.730. The number of hydrogen-bond acceptors (Lipinski definition) is 5. The predicted molar refractivity (Wildman–Crippen MR) is 110 cm³/mol. The molecule has 0 spiro atoms. The minimum Gasteiger partial charge on any atom is -0.475 e. The number of carbonyl (C=O) groups is 1. The van der Waals surface area contributed by atoms with Crippen molar-refractivity contribution < 1.29 is 9.53 Å². The van der Waals surface area contributed by atoms with Gasteiger partial charge in [0, 0.05) is 18.2 Å². The summed E-state index contributed by atoms with van der Waals surface area (Å²) in [6.07, 6.45) is 2.39. The topological polar surface area (TPSA) is 85.2 Å². The molecule has 3 aliphatic rings. The van der Waals surface area contributed by atoms with Crippen LogP contribution in [0.2, 0.25) is 0 Å². The number of anilines is 1. The molecule has 1 aromatic rings. The normalized spacial score (nSPS) is 27.8. The van der Waals surface area contributed by atoms with E-state index in [4.69, 9.17) is 4.74 Å². The van der Waals surface area contributed by atoms with E-state index in [0.717, 1.165) is 12.3 Å². The van der Waals surface area contributed by atoms with Crippen LogP contribution in [0.4, 0.5) is 5.69 Å². The van der Waals surface area contributed by atoms with Crippen molar-refractivity contribution in [2.75, 3.05) is 11.9 Å². The van der Waals surface area contributed by atoms with Crippen molar-refractivity contribution >= 4 is 11.6 Å². The molecule has 0 unspecified atom stereocenters. The Morgan fingerprint density at radius 3 is 2.68 bits per heavy atom. The Kier molecular flexibility index (Phi) is 5.73. The summed E-state index contributed by atoms with van der Waals surface area (Å²) in [6, 6.07) is 1.83. The highest BCUT2D eigenvalue weighted by Crippen LogP contribution is 2.61. The van der Waals surface area contributed by atoms with Crippen molar-refractivity contribution in [1.82, 2.24) is 15.1 Å². The number of hydrogen-bond donors (Lipinski definition) is 2. The summed E-state index contributed by atoms with van der Waals surface area (Å²) < 4.78 is 6.85. The number of ether oxygens (including phenoxy) is 1. The van der Waals surface area contributed by atoms with E-state index in [1.54, 1.807) is 0 Å². The molecule has 3 aliphatic carbocycles. The van der Waals surface area contributed by atoms with E-state index >= 15 is 0 Å². The van der Waals surface area contributed by atoms with Crippen molar-refractivity contribution in [1.29, 1.82) is 0 Å². The Bertz CT molecular complexity index is 786. The number of nitrogens with one attached hydrogen (secondary N) is 2. The molecule has 1 amide bonds. The zero-order chi connectivity index (χ0) is 20.6. The minimum atomic E-state index is -0.307. The van der Waals surface area contributed by atoms with Crippen molar-refractivity contribution in [2.45, 2.75) is 73.0 Å². The smallest absolute Gasteiger partial charge is 0.269 e. The van der Waals surface area contributed by atoms with Crippen molar-refractivity contribution in [2.24, 2.45) is 23.2 Å². The molecule has 3 saturated carbocycles. The van der Waals surface area contributed by atoms with Crippen LogP contribution >= 0.6 is 0 Å². The second kappa shape index (κ2) is 7.76. The average molecular weight is 391 g/mol. The largest absolute Gasteiger partial charge is 0.475 e. The predicted octanol–water partition coefficient (Wildman–Crippen LogP) is 2.65. The van der Waals surface area contributed by atoms with Crippen LogP contribution in [0.1, 0.15) is 54.4 Å². The van der Waals surface area contributed by atoms with Crippen molar-refractivity contribution in [3.05, 3.63) is 16.4 Å². The average Bonchev–Trinajstić information content (AvgIpc) is 2.59. The first-order valence-electron chi connectivity index (χ1n) is 10.4. The SMILES string of the molecule is CCOc1nn(CC(=O)NC(C)C)c(=O)cc1N[C@@H]1C[C@H]2C[C@@H]([C@H]1C)C2(C)C. The van der Waals surface area contributed by atoms with Gasteiger partial charge in [-0.3, -0.25) is 9.59 Å². The van der Waals surface area contributed by atoms with Gasteiger partial charge in [-0.05, 0) is 56.8 Å². The summed E-state index contributed by atoms with van der Waals surface area (Å²) in [5.74, 6) is 2.08. The molecule has 0 aromatic carbocycles. The van der Waals surface area contributed by atoms with E-state index in [-0.39, 0.29) is 24.1 Å². The van der Waals surface area contributed by atoms with E-state index in [9.17, 15) is 9.59 Å². The minimum absolute atomic E-state index is 0.0129. The van der Waals surface area contributed by atoms with Crippen LogP contribution in [0.5, 0.6) is 5.88 Å². The highest BCUT2D eigenvalue weighted by molar-refractivity contribution is 5.75. The third-order valence-corrected chi connectivity index (χ3v) is 6.68. The Balaban J connectivity index is 1.79. The fraction of sp³-hybridized carbons (Fsp3) is 0.762. The maximum atomic E-state index is 12.5. The van der Waals surface area contributed by atoms with Crippen LogP contribution in [0.25, 0.3) is 0 Å². The van der Waals surface area contributed by atoms with Crippen LogP contribution in [0, 0.1) is 23.2 Å². The molecule has 156 valence electrons. The maximum absolute atomic E-state index is 12.5. The van der Waals surface area contributed by atoms with Gasteiger partial charge in [0.25, 0.3) is 11.4 Å². The molecule has 0 radical (unpaired) electrons. The molecule has 0 aliphatic heterocycles. The summed E-state index contributed by atoms with van der Waals surface area (Å²) in [4.78, 5) is 24.6. The lowest BCUT2D eigenvalue weighted by molar-refractivity contribution is -0.122. The molecule has 2 bridgehead atoms. The van der Waals surface area contributed by atoms with Gasteiger partial charge in [-0.2, -0.15) is 0 Å². The van der Waals surface area contributed by atoms with Gasteiger partial charge in [0.1, 0.15) is 12.2 Å². The first-order chi connectivity index (χ1) is 13.1. The fourth-order valence-electron chi connectivity index (χ4n) is 4.98.